The van der Waals surface area contributed by atoms with Gasteiger partial charge in [-0.25, -0.2) is 0 Å². The minimum Gasteiger partial charge on any atom is -0.339 e. The number of carbonyl (C=O) groups is 1. The van der Waals surface area contributed by atoms with Crippen molar-refractivity contribution in [1.82, 2.24) is 9.80 Å². The lowest BCUT2D eigenvalue weighted by atomic mass is 10.0. The maximum Gasteiger partial charge on any atom is 0.232 e. The van der Waals surface area contributed by atoms with E-state index < -0.39 is 0 Å². The van der Waals surface area contributed by atoms with Crippen LogP contribution in [0.25, 0.3) is 0 Å². The third-order valence-corrected chi connectivity index (χ3v) is 4.95. The molecule has 1 aromatic rings. The molecule has 1 aliphatic heterocycles. The highest BCUT2D eigenvalue weighted by molar-refractivity contribution is 8.00. The van der Waals surface area contributed by atoms with E-state index in [0.717, 1.165) is 32.7 Å². The maximum atomic E-state index is 12.0. The normalized spacial score (nSPS) is 15.7. The SMILES string of the molecule is CC(C)c1ccc(CN2CCN(C(=O)CSCC#N)CC2)cc1. The van der Waals surface area contributed by atoms with Gasteiger partial charge >= 0.3 is 0 Å². The first-order valence-corrected chi connectivity index (χ1v) is 9.29. The zero-order chi connectivity index (χ0) is 16.7. The van der Waals surface area contributed by atoms with Gasteiger partial charge in [0.15, 0.2) is 0 Å². The van der Waals surface area contributed by atoms with Gasteiger partial charge in [-0.2, -0.15) is 5.26 Å². The second kappa shape index (κ2) is 8.95. The van der Waals surface area contributed by atoms with Crippen LogP contribution >= 0.6 is 11.8 Å². The molecule has 0 spiro atoms. The van der Waals surface area contributed by atoms with E-state index in [1.54, 1.807) is 0 Å². The molecule has 0 unspecified atom stereocenters. The van der Waals surface area contributed by atoms with Crippen LogP contribution in [0.2, 0.25) is 0 Å². The molecule has 4 nitrogen and oxygen atoms in total. The minimum atomic E-state index is 0.159. The van der Waals surface area contributed by atoms with Crippen molar-refractivity contribution in [2.24, 2.45) is 0 Å². The van der Waals surface area contributed by atoms with Crippen LogP contribution in [-0.2, 0) is 11.3 Å². The van der Waals surface area contributed by atoms with Crippen molar-refractivity contribution in [3.63, 3.8) is 0 Å². The van der Waals surface area contributed by atoms with E-state index in [0.29, 0.717) is 17.4 Å². The Morgan fingerprint density at radius 1 is 1.22 bits per heavy atom. The summed E-state index contributed by atoms with van der Waals surface area (Å²) in [6.07, 6.45) is 0. The van der Waals surface area contributed by atoms with E-state index in [1.165, 1.54) is 22.9 Å². The summed E-state index contributed by atoms with van der Waals surface area (Å²) >= 11 is 1.40. The monoisotopic (exact) mass is 331 g/mol. The van der Waals surface area contributed by atoms with Crippen LogP contribution in [0.15, 0.2) is 24.3 Å². The van der Waals surface area contributed by atoms with Gasteiger partial charge in [0.2, 0.25) is 5.91 Å². The molecule has 0 aliphatic carbocycles. The lowest BCUT2D eigenvalue weighted by molar-refractivity contribution is -0.130. The van der Waals surface area contributed by atoms with E-state index in [9.17, 15) is 4.79 Å². The minimum absolute atomic E-state index is 0.159. The number of hydrogen-bond donors (Lipinski definition) is 0. The molecule has 2 rings (SSSR count). The van der Waals surface area contributed by atoms with Crippen LogP contribution in [0.5, 0.6) is 0 Å². The molecule has 0 aromatic heterocycles. The molecular weight excluding hydrogens is 306 g/mol. The highest BCUT2D eigenvalue weighted by Crippen LogP contribution is 2.16. The summed E-state index contributed by atoms with van der Waals surface area (Å²) in [5.41, 5.74) is 2.71. The largest absolute Gasteiger partial charge is 0.339 e. The molecule has 1 amide bonds. The third kappa shape index (κ3) is 5.56. The van der Waals surface area contributed by atoms with Crippen molar-refractivity contribution >= 4 is 17.7 Å². The summed E-state index contributed by atoms with van der Waals surface area (Å²) in [5.74, 6) is 1.53. The predicted molar refractivity (Wildman–Crippen MR) is 95.3 cm³/mol. The molecule has 0 radical (unpaired) electrons. The van der Waals surface area contributed by atoms with Crippen LogP contribution < -0.4 is 0 Å². The van der Waals surface area contributed by atoms with Gasteiger partial charge in [-0.3, -0.25) is 9.69 Å². The number of carbonyl (C=O) groups excluding carboxylic acids is 1. The van der Waals surface area contributed by atoms with Crippen LogP contribution in [0, 0.1) is 11.3 Å². The number of thioether (sulfide) groups is 1. The number of rotatable bonds is 6. The summed E-state index contributed by atoms with van der Waals surface area (Å²) in [6, 6.07) is 10.9. The summed E-state index contributed by atoms with van der Waals surface area (Å²) in [6.45, 7) is 8.77. The van der Waals surface area contributed by atoms with Gasteiger partial charge in [-0.05, 0) is 17.0 Å². The standard InChI is InChI=1S/C18H25N3OS/c1-15(2)17-5-3-16(4-6-17)13-20-8-10-21(11-9-20)18(22)14-23-12-7-19/h3-6,15H,8-14H2,1-2H3. The number of amides is 1. The van der Waals surface area contributed by atoms with Gasteiger partial charge in [-0.1, -0.05) is 38.1 Å². The number of piperazine rings is 1. The fraction of sp³-hybridized carbons (Fsp3) is 0.556. The van der Waals surface area contributed by atoms with E-state index in [1.807, 2.05) is 4.90 Å². The summed E-state index contributed by atoms with van der Waals surface area (Å²) in [7, 11) is 0. The number of hydrogen-bond acceptors (Lipinski definition) is 4. The molecule has 1 heterocycles. The van der Waals surface area contributed by atoms with Gasteiger partial charge in [0, 0.05) is 32.7 Å². The Bertz CT molecular complexity index is 542. The van der Waals surface area contributed by atoms with Crippen LogP contribution in [0.3, 0.4) is 0 Å². The highest BCUT2D eigenvalue weighted by atomic mass is 32.2. The van der Waals surface area contributed by atoms with Crippen molar-refractivity contribution in [3.05, 3.63) is 35.4 Å². The average molecular weight is 331 g/mol. The quantitative estimate of drug-likeness (QED) is 0.752. The first kappa shape index (κ1) is 17.8. The smallest absolute Gasteiger partial charge is 0.232 e. The van der Waals surface area contributed by atoms with Gasteiger partial charge in [0.1, 0.15) is 0 Å². The Morgan fingerprint density at radius 3 is 2.43 bits per heavy atom. The van der Waals surface area contributed by atoms with Crippen molar-refractivity contribution < 1.29 is 4.79 Å². The van der Waals surface area contributed by atoms with Gasteiger partial charge < -0.3 is 4.90 Å². The van der Waals surface area contributed by atoms with Crippen molar-refractivity contribution in [3.8, 4) is 6.07 Å². The summed E-state index contributed by atoms with van der Waals surface area (Å²) in [4.78, 5) is 16.3. The number of benzene rings is 1. The van der Waals surface area contributed by atoms with E-state index in [2.05, 4.69) is 49.1 Å². The van der Waals surface area contributed by atoms with Crippen molar-refractivity contribution in [1.29, 1.82) is 5.26 Å². The topological polar surface area (TPSA) is 47.3 Å². The summed E-state index contributed by atoms with van der Waals surface area (Å²) < 4.78 is 0. The van der Waals surface area contributed by atoms with Crippen molar-refractivity contribution in [2.45, 2.75) is 26.3 Å². The van der Waals surface area contributed by atoms with E-state index >= 15 is 0 Å². The first-order chi connectivity index (χ1) is 11.1. The van der Waals surface area contributed by atoms with E-state index in [-0.39, 0.29) is 5.91 Å². The molecule has 1 fully saturated rings. The Balaban J connectivity index is 1.76. The Kier molecular flexibility index (Phi) is 6.94. The van der Waals surface area contributed by atoms with Gasteiger partial charge in [0.05, 0.1) is 17.6 Å². The molecule has 0 bridgehead atoms. The maximum absolute atomic E-state index is 12.0. The second-order valence-corrected chi connectivity index (χ2v) is 7.19. The number of nitrogens with zero attached hydrogens (tertiary/aromatic N) is 3. The van der Waals surface area contributed by atoms with Crippen molar-refractivity contribution in [2.75, 3.05) is 37.7 Å². The molecule has 0 N–H and O–H groups in total. The first-order valence-electron chi connectivity index (χ1n) is 8.14. The lowest BCUT2D eigenvalue weighted by Gasteiger charge is -2.34. The average Bonchev–Trinajstić information content (AvgIpc) is 2.56. The molecular formula is C18H25N3OS. The molecule has 0 saturated carbocycles. The second-order valence-electron chi connectivity index (χ2n) is 6.20. The molecule has 5 heteroatoms. The fourth-order valence-corrected chi connectivity index (χ4v) is 3.25. The Hall–Kier alpha value is -1.51. The Labute approximate surface area is 143 Å². The van der Waals surface area contributed by atoms with Crippen LogP contribution in [0.1, 0.15) is 30.9 Å². The molecule has 124 valence electrons. The highest BCUT2D eigenvalue weighted by Gasteiger charge is 2.20. The molecule has 1 aromatic carbocycles. The van der Waals surface area contributed by atoms with Gasteiger partial charge in [0.25, 0.3) is 0 Å². The predicted octanol–water partition coefficient (Wildman–Crippen LogP) is 2.71. The number of nitriles is 1. The molecule has 0 atom stereocenters. The van der Waals surface area contributed by atoms with Gasteiger partial charge in [-0.15, -0.1) is 11.8 Å². The zero-order valence-corrected chi connectivity index (χ0v) is 14.8. The molecule has 23 heavy (non-hydrogen) atoms. The molecule has 1 aliphatic rings. The van der Waals surface area contributed by atoms with E-state index in [4.69, 9.17) is 5.26 Å². The zero-order valence-electron chi connectivity index (χ0n) is 14.0. The summed E-state index contributed by atoms with van der Waals surface area (Å²) in [5, 5.41) is 8.51. The third-order valence-electron chi connectivity index (χ3n) is 4.17. The van der Waals surface area contributed by atoms with Crippen LogP contribution in [0.4, 0.5) is 0 Å². The fourth-order valence-electron chi connectivity index (χ4n) is 2.70. The van der Waals surface area contributed by atoms with Crippen LogP contribution in [-0.4, -0.2) is 53.4 Å². The lowest BCUT2D eigenvalue weighted by Crippen LogP contribution is -2.48. The Morgan fingerprint density at radius 2 is 1.87 bits per heavy atom. The molecule has 1 saturated heterocycles.